The first kappa shape index (κ1) is 28.4. The highest BCUT2D eigenvalue weighted by Crippen LogP contribution is 2.30. The van der Waals surface area contributed by atoms with Crippen LogP contribution < -0.4 is 4.90 Å². The van der Waals surface area contributed by atoms with E-state index in [9.17, 15) is 15.0 Å². The summed E-state index contributed by atoms with van der Waals surface area (Å²) in [6.07, 6.45) is 6.13. The number of benzene rings is 1. The molecule has 0 N–H and O–H groups in total. The fraction of sp³-hybridized carbons (Fsp3) is 0.692. The summed E-state index contributed by atoms with van der Waals surface area (Å²) in [7, 11) is 2.78. The maximum Gasteiger partial charge on any atom is 0.388 e. The van der Waals surface area contributed by atoms with Gasteiger partial charge in [-0.05, 0) is 55.6 Å². The van der Waals surface area contributed by atoms with Crippen LogP contribution in [-0.4, -0.2) is 39.2 Å². The molecule has 1 aromatic rings. The highest BCUT2D eigenvalue weighted by Gasteiger charge is 2.19. The predicted octanol–water partition coefficient (Wildman–Crippen LogP) is 6.28. The van der Waals surface area contributed by atoms with Gasteiger partial charge in [-0.15, -0.1) is 0 Å². The molecule has 1 unspecified atom stereocenters. The summed E-state index contributed by atoms with van der Waals surface area (Å²) in [5.74, 6) is 0.170. The van der Waals surface area contributed by atoms with Gasteiger partial charge in [-0.25, -0.2) is 0 Å². The van der Waals surface area contributed by atoms with Crippen molar-refractivity contribution in [1.29, 1.82) is 5.39 Å². The number of aryl methyl sites for hydroxylation is 1. The average molecular weight is 461 g/mol. The third-order valence-corrected chi connectivity index (χ3v) is 5.71. The van der Waals surface area contributed by atoms with Crippen LogP contribution in [0.15, 0.2) is 18.2 Å². The van der Waals surface area contributed by atoms with Crippen molar-refractivity contribution in [2.75, 3.05) is 32.2 Å². The van der Waals surface area contributed by atoms with Crippen molar-refractivity contribution in [2.24, 2.45) is 11.3 Å². The second kappa shape index (κ2) is 14.5. The number of rotatable bonds is 14. The number of carbonyl (C=O) groups is 2. The predicted molar refractivity (Wildman–Crippen MR) is 132 cm³/mol. The number of esters is 2. The zero-order valence-electron chi connectivity index (χ0n) is 21.4. The van der Waals surface area contributed by atoms with Gasteiger partial charge in [0, 0.05) is 43.2 Å². The molecule has 0 aromatic heterocycles. The van der Waals surface area contributed by atoms with Gasteiger partial charge >= 0.3 is 17.6 Å². The molecule has 0 radical (unpaired) electrons. The lowest BCUT2D eigenvalue weighted by Gasteiger charge is -2.25. The number of anilines is 1. The van der Waals surface area contributed by atoms with Crippen molar-refractivity contribution >= 4 is 23.3 Å². The van der Waals surface area contributed by atoms with E-state index < -0.39 is 0 Å². The molecule has 0 aliphatic rings. The van der Waals surface area contributed by atoms with Gasteiger partial charge in [0.15, 0.2) is 4.98 Å². The molecule has 0 heterocycles. The Balaban J connectivity index is 2.89. The van der Waals surface area contributed by atoms with E-state index in [2.05, 4.69) is 43.6 Å². The van der Waals surface area contributed by atoms with Gasteiger partial charge in [-0.2, -0.15) is 0 Å². The fourth-order valence-electron chi connectivity index (χ4n) is 4.26. The summed E-state index contributed by atoms with van der Waals surface area (Å²) in [5, 5.41) is 9.48. The zero-order valence-corrected chi connectivity index (χ0v) is 21.4. The Labute approximate surface area is 199 Å². The van der Waals surface area contributed by atoms with Crippen LogP contribution in [0, 0.1) is 16.7 Å². The van der Waals surface area contributed by atoms with Gasteiger partial charge in [-0.1, -0.05) is 34.1 Å². The third kappa shape index (κ3) is 11.7. The van der Waals surface area contributed by atoms with Gasteiger partial charge in [-0.3, -0.25) is 9.59 Å². The quantitative estimate of drug-likeness (QED) is 0.240. The largest absolute Gasteiger partial charge is 0.469 e. The smallest absolute Gasteiger partial charge is 0.388 e. The number of carbonyl (C=O) groups excluding carboxylic acids is 2. The average Bonchev–Trinajstić information content (AvgIpc) is 2.76. The molecule has 0 fully saturated rings. The van der Waals surface area contributed by atoms with Crippen LogP contribution in [0.2, 0.25) is 0 Å². The third-order valence-electron chi connectivity index (χ3n) is 5.71. The van der Waals surface area contributed by atoms with E-state index in [4.69, 9.17) is 9.47 Å². The Morgan fingerprint density at radius 3 is 2.09 bits per heavy atom. The van der Waals surface area contributed by atoms with E-state index in [1.54, 1.807) is 0 Å². The number of nitrogens with zero attached hydrogens (tertiary/aromatic N) is 3. The van der Waals surface area contributed by atoms with Crippen molar-refractivity contribution in [3.05, 3.63) is 28.7 Å². The molecule has 7 nitrogen and oxygen atoms in total. The topological polar surface area (TPSA) is 84.0 Å². The SMILES string of the molecule is COC(=O)CCCN(CCCC(=O)OC)c1ccc([N+]#N)c(CCCC(C)CC(C)(C)C)c1. The second-order valence-corrected chi connectivity index (χ2v) is 10.0. The molecule has 7 heteroatoms. The number of diazo groups is 1. The minimum Gasteiger partial charge on any atom is -0.469 e. The zero-order chi connectivity index (χ0) is 24.9. The number of hydrogen-bond acceptors (Lipinski definition) is 6. The molecular formula is C26H42N3O4+. The molecule has 1 atom stereocenters. The maximum absolute atomic E-state index is 11.5. The van der Waals surface area contributed by atoms with Gasteiger partial charge in [0.05, 0.1) is 14.2 Å². The van der Waals surface area contributed by atoms with Gasteiger partial charge in [0.2, 0.25) is 5.39 Å². The van der Waals surface area contributed by atoms with Crippen LogP contribution in [0.4, 0.5) is 11.4 Å². The van der Waals surface area contributed by atoms with Crippen molar-refractivity contribution in [2.45, 2.75) is 79.1 Å². The minimum absolute atomic E-state index is 0.232. The van der Waals surface area contributed by atoms with E-state index >= 15 is 0 Å². The van der Waals surface area contributed by atoms with Crippen LogP contribution in [0.5, 0.6) is 0 Å². The fourth-order valence-corrected chi connectivity index (χ4v) is 4.26. The van der Waals surface area contributed by atoms with Crippen molar-refractivity contribution < 1.29 is 19.1 Å². The molecular weight excluding hydrogens is 418 g/mol. The van der Waals surface area contributed by atoms with Crippen molar-refractivity contribution in [3.8, 4) is 0 Å². The standard InChI is InChI=1S/C26H42N3O4/c1-20(19-26(2,3)4)10-7-11-21-18-22(14-15-23(21)28-27)29(16-8-12-24(30)32-5)17-9-13-25(31)33-6/h14-15,18,20H,7-13,16-17,19H2,1-6H3/q+1. The molecule has 1 aromatic carbocycles. The second-order valence-electron chi connectivity index (χ2n) is 10.0. The molecule has 0 saturated carbocycles. The first-order chi connectivity index (χ1) is 15.6. The first-order valence-corrected chi connectivity index (χ1v) is 12.0. The maximum atomic E-state index is 11.5. The van der Waals surface area contributed by atoms with Crippen LogP contribution in [0.25, 0.3) is 4.98 Å². The molecule has 0 bridgehead atoms. The lowest BCUT2D eigenvalue weighted by molar-refractivity contribution is -0.141. The summed E-state index contributed by atoms with van der Waals surface area (Å²) in [5.41, 5.74) is 2.91. The summed E-state index contributed by atoms with van der Waals surface area (Å²) in [6.45, 7) is 10.4. The summed E-state index contributed by atoms with van der Waals surface area (Å²) >= 11 is 0. The Bertz CT molecular complexity index is 774. The summed E-state index contributed by atoms with van der Waals surface area (Å²) < 4.78 is 9.50. The van der Waals surface area contributed by atoms with E-state index in [1.807, 2.05) is 12.1 Å². The number of hydrogen-bond donors (Lipinski definition) is 0. The van der Waals surface area contributed by atoms with Crippen LogP contribution in [0.3, 0.4) is 0 Å². The first-order valence-electron chi connectivity index (χ1n) is 12.0. The molecule has 0 amide bonds. The van der Waals surface area contributed by atoms with Gasteiger partial charge in [0.25, 0.3) is 0 Å². The van der Waals surface area contributed by atoms with Gasteiger partial charge < -0.3 is 14.4 Å². The van der Waals surface area contributed by atoms with Crippen molar-refractivity contribution in [3.63, 3.8) is 0 Å². The Hall–Kier alpha value is -2.62. The molecule has 1 rings (SSSR count). The van der Waals surface area contributed by atoms with Crippen LogP contribution >= 0.6 is 0 Å². The Kier molecular flexibility index (Phi) is 12.5. The Morgan fingerprint density at radius 2 is 1.61 bits per heavy atom. The van der Waals surface area contributed by atoms with E-state index in [1.165, 1.54) is 20.6 Å². The normalized spacial score (nSPS) is 12.0. The molecule has 184 valence electrons. The van der Waals surface area contributed by atoms with E-state index in [0.717, 1.165) is 30.5 Å². The Morgan fingerprint density at radius 1 is 1.03 bits per heavy atom. The number of ether oxygens (including phenoxy) is 2. The van der Waals surface area contributed by atoms with Crippen LogP contribution in [0.1, 0.15) is 78.2 Å². The van der Waals surface area contributed by atoms with Crippen LogP contribution in [-0.2, 0) is 25.5 Å². The van der Waals surface area contributed by atoms with Gasteiger partial charge in [0.1, 0.15) is 0 Å². The molecule has 0 aliphatic carbocycles. The lowest BCUT2D eigenvalue weighted by Crippen LogP contribution is -2.27. The molecule has 0 aliphatic heterocycles. The van der Waals surface area contributed by atoms with E-state index in [-0.39, 0.29) is 11.9 Å². The number of methoxy groups -OCH3 is 2. The molecule has 0 saturated heterocycles. The van der Waals surface area contributed by atoms with Crippen molar-refractivity contribution in [1.82, 2.24) is 0 Å². The summed E-state index contributed by atoms with van der Waals surface area (Å²) in [6, 6.07) is 5.83. The summed E-state index contributed by atoms with van der Waals surface area (Å²) in [4.78, 5) is 28.7. The monoisotopic (exact) mass is 460 g/mol. The molecule has 33 heavy (non-hydrogen) atoms. The van der Waals surface area contributed by atoms with E-state index in [0.29, 0.717) is 55.8 Å². The minimum atomic E-state index is -0.232. The lowest BCUT2D eigenvalue weighted by atomic mass is 9.83. The highest BCUT2D eigenvalue weighted by atomic mass is 16.5. The molecule has 0 spiro atoms. The highest BCUT2D eigenvalue weighted by molar-refractivity contribution is 5.69.